The first kappa shape index (κ1) is 14.8. The Balaban J connectivity index is 2.14. The molecule has 2 aromatic rings. The fourth-order valence-electron chi connectivity index (χ4n) is 1.78. The van der Waals surface area contributed by atoms with Crippen LogP contribution in [0.4, 0.5) is 0 Å². The van der Waals surface area contributed by atoms with Crippen LogP contribution in [0.5, 0.6) is 5.75 Å². The molecule has 0 aliphatic carbocycles. The Kier molecular flexibility index (Phi) is 4.37. The van der Waals surface area contributed by atoms with Gasteiger partial charge in [0.05, 0.1) is 6.10 Å². The average molecular weight is 287 g/mol. The highest BCUT2D eigenvalue weighted by Gasteiger charge is 2.06. The van der Waals surface area contributed by atoms with Crippen LogP contribution in [-0.4, -0.2) is 31.9 Å². The monoisotopic (exact) mass is 287 g/mol. The van der Waals surface area contributed by atoms with Gasteiger partial charge in [0, 0.05) is 17.8 Å². The summed E-state index contributed by atoms with van der Waals surface area (Å²) in [7, 11) is 0. The number of esters is 1. The molecular formula is C15H17N3O3. The molecule has 6 heteroatoms. The SMILES string of the molecule is Cc1cc(O)cc(-c2ncn(/C=C\C(=O)OC(C)C)n2)c1. The van der Waals surface area contributed by atoms with Gasteiger partial charge in [0.1, 0.15) is 12.1 Å². The van der Waals surface area contributed by atoms with Crippen LogP contribution >= 0.6 is 0 Å². The number of phenolic OH excluding ortho intramolecular Hbond substituents is 1. The first-order chi connectivity index (χ1) is 9.94. The minimum atomic E-state index is -0.435. The Labute approximate surface area is 122 Å². The lowest BCUT2D eigenvalue weighted by Gasteiger charge is -2.03. The summed E-state index contributed by atoms with van der Waals surface area (Å²) in [5.74, 6) is 0.198. The molecule has 110 valence electrons. The third-order valence-electron chi connectivity index (χ3n) is 2.54. The second kappa shape index (κ2) is 6.21. The van der Waals surface area contributed by atoms with E-state index in [4.69, 9.17) is 4.74 Å². The highest BCUT2D eigenvalue weighted by atomic mass is 16.5. The van der Waals surface area contributed by atoms with Crippen LogP contribution < -0.4 is 0 Å². The minimum Gasteiger partial charge on any atom is -0.508 e. The van der Waals surface area contributed by atoms with E-state index in [0.29, 0.717) is 11.4 Å². The van der Waals surface area contributed by atoms with Crippen molar-refractivity contribution in [3.8, 4) is 17.1 Å². The van der Waals surface area contributed by atoms with E-state index in [1.54, 1.807) is 26.0 Å². The molecule has 0 saturated heterocycles. The Bertz CT molecular complexity index is 654. The normalized spacial score (nSPS) is 11.2. The van der Waals surface area contributed by atoms with Gasteiger partial charge in [-0.25, -0.2) is 14.5 Å². The van der Waals surface area contributed by atoms with Gasteiger partial charge in [-0.3, -0.25) is 0 Å². The zero-order valence-corrected chi connectivity index (χ0v) is 12.1. The maximum Gasteiger partial charge on any atom is 0.332 e. The summed E-state index contributed by atoms with van der Waals surface area (Å²) in [5.41, 5.74) is 1.63. The average Bonchev–Trinajstić information content (AvgIpc) is 2.83. The number of aromatic nitrogens is 3. The Hall–Kier alpha value is -2.63. The number of nitrogens with zero attached hydrogens (tertiary/aromatic N) is 3. The summed E-state index contributed by atoms with van der Waals surface area (Å²) < 4.78 is 6.39. The summed E-state index contributed by atoms with van der Waals surface area (Å²) in [4.78, 5) is 15.5. The van der Waals surface area contributed by atoms with Gasteiger partial charge >= 0.3 is 5.97 Å². The van der Waals surface area contributed by atoms with E-state index in [9.17, 15) is 9.90 Å². The first-order valence-electron chi connectivity index (χ1n) is 6.55. The molecule has 0 atom stereocenters. The lowest BCUT2D eigenvalue weighted by molar-refractivity contribution is -0.141. The van der Waals surface area contributed by atoms with E-state index < -0.39 is 5.97 Å². The number of carbonyl (C=O) groups excluding carboxylic acids is 1. The van der Waals surface area contributed by atoms with Crippen molar-refractivity contribution in [1.29, 1.82) is 0 Å². The molecule has 21 heavy (non-hydrogen) atoms. The van der Waals surface area contributed by atoms with Crippen LogP contribution in [0.15, 0.2) is 30.6 Å². The summed E-state index contributed by atoms with van der Waals surface area (Å²) in [6, 6.07) is 5.11. The van der Waals surface area contributed by atoms with Crippen molar-refractivity contribution in [2.75, 3.05) is 0 Å². The molecule has 0 fully saturated rings. The quantitative estimate of drug-likeness (QED) is 0.690. The van der Waals surface area contributed by atoms with E-state index in [1.165, 1.54) is 23.3 Å². The van der Waals surface area contributed by atoms with Crippen LogP contribution in [0, 0.1) is 6.92 Å². The maximum atomic E-state index is 11.4. The zero-order chi connectivity index (χ0) is 15.4. The molecule has 0 aliphatic rings. The van der Waals surface area contributed by atoms with Crippen LogP contribution in [-0.2, 0) is 9.53 Å². The molecule has 1 heterocycles. The van der Waals surface area contributed by atoms with Gasteiger partial charge in [-0.05, 0) is 44.5 Å². The molecular weight excluding hydrogens is 270 g/mol. The highest BCUT2D eigenvalue weighted by Crippen LogP contribution is 2.22. The topological polar surface area (TPSA) is 77.2 Å². The third kappa shape index (κ3) is 4.17. The molecule has 0 amide bonds. The number of hydrogen-bond donors (Lipinski definition) is 1. The molecule has 2 rings (SSSR count). The Morgan fingerprint density at radius 1 is 1.38 bits per heavy atom. The van der Waals surface area contributed by atoms with Crippen molar-refractivity contribution < 1.29 is 14.6 Å². The third-order valence-corrected chi connectivity index (χ3v) is 2.54. The first-order valence-corrected chi connectivity index (χ1v) is 6.55. The molecule has 0 unspecified atom stereocenters. The van der Waals surface area contributed by atoms with Gasteiger partial charge < -0.3 is 9.84 Å². The summed E-state index contributed by atoms with van der Waals surface area (Å²) in [5, 5.41) is 13.8. The molecule has 1 aromatic heterocycles. The van der Waals surface area contributed by atoms with Crippen molar-refractivity contribution in [3.05, 3.63) is 36.2 Å². The zero-order valence-electron chi connectivity index (χ0n) is 12.1. The number of ether oxygens (including phenoxy) is 1. The van der Waals surface area contributed by atoms with Crippen molar-refractivity contribution in [1.82, 2.24) is 14.8 Å². The van der Waals surface area contributed by atoms with Gasteiger partial charge in [-0.2, -0.15) is 0 Å². The standard InChI is InChI=1S/C15H17N3O3/c1-10(2)21-14(20)4-5-18-9-16-15(17-18)12-6-11(3)7-13(19)8-12/h4-10,19H,1-3H3/b5-4-. The predicted octanol–water partition coefficient (Wildman–Crippen LogP) is 2.38. The van der Waals surface area contributed by atoms with Crippen molar-refractivity contribution >= 4 is 12.2 Å². The highest BCUT2D eigenvalue weighted by molar-refractivity contribution is 5.85. The van der Waals surface area contributed by atoms with E-state index in [1.807, 2.05) is 13.0 Å². The molecule has 1 N–H and O–H groups in total. The predicted molar refractivity (Wildman–Crippen MR) is 78.4 cm³/mol. The largest absolute Gasteiger partial charge is 0.508 e. The van der Waals surface area contributed by atoms with Gasteiger partial charge in [-0.15, -0.1) is 5.10 Å². The fraction of sp³-hybridized carbons (Fsp3) is 0.267. The van der Waals surface area contributed by atoms with Gasteiger partial charge in [0.25, 0.3) is 0 Å². The van der Waals surface area contributed by atoms with Gasteiger partial charge in [-0.1, -0.05) is 0 Å². The number of benzene rings is 1. The van der Waals surface area contributed by atoms with Gasteiger partial charge in [0.15, 0.2) is 5.82 Å². The lowest BCUT2D eigenvalue weighted by atomic mass is 10.1. The number of phenols is 1. The van der Waals surface area contributed by atoms with Crippen LogP contribution in [0.25, 0.3) is 17.6 Å². The molecule has 0 aliphatic heterocycles. The molecule has 0 saturated carbocycles. The number of carbonyl (C=O) groups is 1. The smallest absolute Gasteiger partial charge is 0.332 e. The Morgan fingerprint density at radius 3 is 2.81 bits per heavy atom. The lowest BCUT2D eigenvalue weighted by Crippen LogP contribution is -2.08. The second-order valence-corrected chi connectivity index (χ2v) is 4.91. The van der Waals surface area contributed by atoms with E-state index in [2.05, 4.69) is 10.1 Å². The molecule has 0 spiro atoms. The van der Waals surface area contributed by atoms with Gasteiger partial charge in [0.2, 0.25) is 0 Å². The van der Waals surface area contributed by atoms with Crippen molar-refractivity contribution in [2.24, 2.45) is 0 Å². The molecule has 6 nitrogen and oxygen atoms in total. The number of aromatic hydroxyl groups is 1. The maximum absolute atomic E-state index is 11.4. The van der Waals surface area contributed by atoms with Crippen LogP contribution in [0.3, 0.4) is 0 Å². The van der Waals surface area contributed by atoms with E-state index in [-0.39, 0.29) is 11.9 Å². The van der Waals surface area contributed by atoms with Crippen molar-refractivity contribution in [2.45, 2.75) is 26.9 Å². The summed E-state index contributed by atoms with van der Waals surface area (Å²) in [6.07, 6.45) is 4.07. The number of rotatable bonds is 4. The minimum absolute atomic E-state index is 0.163. The molecule has 0 bridgehead atoms. The van der Waals surface area contributed by atoms with E-state index >= 15 is 0 Å². The summed E-state index contributed by atoms with van der Waals surface area (Å²) >= 11 is 0. The Morgan fingerprint density at radius 2 is 2.14 bits per heavy atom. The molecule has 1 aromatic carbocycles. The second-order valence-electron chi connectivity index (χ2n) is 4.91. The fourth-order valence-corrected chi connectivity index (χ4v) is 1.78. The van der Waals surface area contributed by atoms with Crippen LogP contribution in [0.2, 0.25) is 0 Å². The van der Waals surface area contributed by atoms with E-state index in [0.717, 1.165) is 5.56 Å². The van der Waals surface area contributed by atoms with Crippen LogP contribution in [0.1, 0.15) is 19.4 Å². The number of aryl methyl sites for hydroxylation is 1. The molecule has 0 radical (unpaired) electrons. The summed E-state index contributed by atoms with van der Waals surface area (Å²) in [6.45, 7) is 5.44. The number of hydrogen-bond acceptors (Lipinski definition) is 5. The van der Waals surface area contributed by atoms with Crippen molar-refractivity contribution in [3.63, 3.8) is 0 Å².